The first-order valence-electron chi connectivity index (χ1n) is 5.17. The van der Waals surface area contributed by atoms with Gasteiger partial charge in [0.05, 0.1) is 5.25 Å². The minimum Gasteiger partial charge on any atom is -0.381 e. The van der Waals surface area contributed by atoms with E-state index in [1.54, 1.807) is 0 Å². The molecule has 3 nitrogen and oxygen atoms in total. The van der Waals surface area contributed by atoms with Crippen molar-refractivity contribution in [2.24, 2.45) is 5.92 Å². The Morgan fingerprint density at radius 3 is 2.50 bits per heavy atom. The summed E-state index contributed by atoms with van der Waals surface area (Å²) in [6.45, 7) is 5.51. The molecule has 1 amide bonds. The predicted octanol–water partition coefficient (Wildman–Crippen LogP) is 1.24. The quantitative estimate of drug-likeness (QED) is 0.698. The molecule has 0 aromatic rings. The molecular formula is C10H19NO2S. The number of amides is 1. The van der Waals surface area contributed by atoms with Crippen LogP contribution in [-0.4, -0.2) is 30.4 Å². The van der Waals surface area contributed by atoms with Crippen LogP contribution in [0.15, 0.2) is 0 Å². The standard InChI is InChI=1S/C10H19NO2S/c1-7(2)9(14)10(12)11-8-3-5-13-6-4-8/h7-9,14H,3-6H2,1-2H3,(H,11,12). The number of hydrogen-bond donors (Lipinski definition) is 2. The normalized spacial score (nSPS) is 20.9. The van der Waals surface area contributed by atoms with Gasteiger partial charge in [0, 0.05) is 19.3 Å². The Labute approximate surface area is 91.0 Å². The van der Waals surface area contributed by atoms with Gasteiger partial charge in [-0.3, -0.25) is 4.79 Å². The first kappa shape index (κ1) is 11.9. The van der Waals surface area contributed by atoms with Gasteiger partial charge in [0.15, 0.2) is 0 Å². The fourth-order valence-electron chi connectivity index (χ4n) is 1.43. The van der Waals surface area contributed by atoms with Gasteiger partial charge in [0.1, 0.15) is 0 Å². The summed E-state index contributed by atoms with van der Waals surface area (Å²) in [5, 5.41) is 2.81. The molecule has 1 heterocycles. The third-order valence-electron chi connectivity index (χ3n) is 2.47. The van der Waals surface area contributed by atoms with Crippen LogP contribution in [0, 0.1) is 5.92 Å². The van der Waals surface area contributed by atoms with Crippen molar-refractivity contribution < 1.29 is 9.53 Å². The maximum atomic E-state index is 11.6. The van der Waals surface area contributed by atoms with Crippen LogP contribution < -0.4 is 5.32 Å². The molecule has 1 fully saturated rings. The van der Waals surface area contributed by atoms with Gasteiger partial charge in [-0.2, -0.15) is 12.6 Å². The van der Waals surface area contributed by atoms with Crippen LogP contribution in [0.4, 0.5) is 0 Å². The monoisotopic (exact) mass is 217 g/mol. The fourth-order valence-corrected chi connectivity index (χ4v) is 1.51. The summed E-state index contributed by atoms with van der Waals surface area (Å²) < 4.78 is 5.22. The van der Waals surface area contributed by atoms with Crippen molar-refractivity contribution in [3.63, 3.8) is 0 Å². The van der Waals surface area contributed by atoms with Gasteiger partial charge in [-0.25, -0.2) is 0 Å². The number of hydrogen-bond acceptors (Lipinski definition) is 3. The molecule has 1 rings (SSSR count). The van der Waals surface area contributed by atoms with Crippen LogP contribution in [0.2, 0.25) is 0 Å². The molecule has 1 unspecified atom stereocenters. The fraction of sp³-hybridized carbons (Fsp3) is 0.900. The van der Waals surface area contributed by atoms with E-state index in [2.05, 4.69) is 17.9 Å². The number of rotatable bonds is 3. The molecule has 0 radical (unpaired) electrons. The van der Waals surface area contributed by atoms with Crippen molar-refractivity contribution in [3.8, 4) is 0 Å². The van der Waals surface area contributed by atoms with Crippen LogP contribution in [0.25, 0.3) is 0 Å². The molecule has 0 spiro atoms. The van der Waals surface area contributed by atoms with E-state index < -0.39 is 0 Å². The lowest BCUT2D eigenvalue weighted by Gasteiger charge is -2.25. The summed E-state index contributed by atoms with van der Waals surface area (Å²) in [4.78, 5) is 11.6. The highest BCUT2D eigenvalue weighted by molar-refractivity contribution is 7.81. The van der Waals surface area contributed by atoms with Gasteiger partial charge in [0.2, 0.25) is 5.91 Å². The van der Waals surface area contributed by atoms with Gasteiger partial charge >= 0.3 is 0 Å². The van der Waals surface area contributed by atoms with E-state index in [4.69, 9.17) is 4.74 Å². The molecule has 0 aromatic carbocycles. The van der Waals surface area contributed by atoms with Crippen LogP contribution in [0.3, 0.4) is 0 Å². The van der Waals surface area contributed by atoms with Crippen molar-refractivity contribution >= 4 is 18.5 Å². The lowest BCUT2D eigenvalue weighted by atomic mass is 10.1. The first-order valence-corrected chi connectivity index (χ1v) is 5.69. The minimum absolute atomic E-state index is 0.0511. The van der Waals surface area contributed by atoms with Gasteiger partial charge in [-0.05, 0) is 18.8 Å². The Kier molecular flexibility index (Phi) is 4.75. The van der Waals surface area contributed by atoms with Crippen LogP contribution in [-0.2, 0) is 9.53 Å². The predicted molar refractivity (Wildman–Crippen MR) is 59.6 cm³/mol. The molecule has 0 bridgehead atoms. The Balaban J connectivity index is 2.31. The van der Waals surface area contributed by atoms with E-state index in [0.717, 1.165) is 26.1 Å². The molecule has 1 N–H and O–H groups in total. The lowest BCUT2D eigenvalue weighted by Crippen LogP contribution is -2.43. The average Bonchev–Trinajstić information content (AvgIpc) is 2.18. The molecule has 1 atom stereocenters. The van der Waals surface area contributed by atoms with Crippen LogP contribution in [0.5, 0.6) is 0 Å². The highest BCUT2D eigenvalue weighted by Gasteiger charge is 2.22. The highest BCUT2D eigenvalue weighted by atomic mass is 32.1. The van der Waals surface area contributed by atoms with Gasteiger partial charge in [-0.15, -0.1) is 0 Å². The molecular weight excluding hydrogens is 198 g/mol. The molecule has 14 heavy (non-hydrogen) atoms. The third kappa shape index (κ3) is 3.50. The zero-order valence-corrected chi connectivity index (χ0v) is 9.72. The van der Waals surface area contributed by atoms with Gasteiger partial charge in [0.25, 0.3) is 0 Å². The maximum absolute atomic E-state index is 11.6. The van der Waals surface area contributed by atoms with E-state index in [1.165, 1.54) is 0 Å². The number of carbonyl (C=O) groups is 1. The van der Waals surface area contributed by atoms with Gasteiger partial charge in [-0.1, -0.05) is 13.8 Å². The Hall–Kier alpha value is -0.220. The van der Waals surface area contributed by atoms with E-state index >= 15 is 0 Å². The summed E-state index contributed by atoms with van der Waals surface area (Å²) in [6, 6.07) is 0.282. The summed E-state index contributed by atoms with van der Waals surface area (Å²) in [7, 11) is 0. The number of nitrogens with one attached hydrogen (secondary N) is 1. The number of ether oxygens (including phenoxy) is 1. The van der Waals surface area contributed by atoms with Gasteiger partial charge < -0.3 is 10.1 Å². The number of thiol groups is 1. The Morgan fingerprint density at radius 2 is 2.00 bits per heavy atom. The zero-order chi connectivity index (χ0) is 10.6. The first-order chi connectivity index (χ1) is 6.61. The second-order valence-electron chi connectivity index (χ2n) is 4.08. The molecule has 0 aliphatic carbocycles. The smallest absolute Gasteiger partial charge is 0.233 e. The minimum atomic E-state index is -0.196. The topological polar surface area (TPSA) is 38.3 Å². The maximum Gasteiger partial charge on any atom is 0.233 e. The molecule has 82 valence electrons. The molecule has 1 aliphatic heterocycles. The summed E-state index contributed by atoms with van der Waals surface area (Å²) in [5.41, 5.74) is 0. The largest absolute Gasteiger partial charge is 0.381 e. The van der Waals surface area contributed by atoms with Crippen molar-refractivity contribution in [1.82, 2.24) is 5.32 Å². The SMILES string of the molecule is CC(C)C(S)C(=O)NC1CCOCC1. The molecule has 4 heteroatoms. The Bertz CT molecular complexity index is 191. The zero-order valence-electron chi connectivity index (χ0n) is 8.82. The second-order valence-corrected chi connectivity index (χ2v) is 4.64. The summed E-state index contributed by atoms with van der Waals surface area (Å²) in [6.07, 6.45) is 1.84. The summed E-state index contributed by atoms with van der Waals surface area (Å²) in [5.74, 6) is 0.327. The van der Waals surface area contributed by atoms with E-state index in [-0.39, 0.29) is 23.1 Å². The van der Waals surface area contributed by atoms with E-state index in [9.17, 15) is 4.79 Å². The molecule has 0 saturated carbocycles. The van der Waals surface area contributed by atoms with Crippen molar-refractivity contribution in [2.75, 3.05) is 13.2 Å². The molecule has 1 saturated heterocycles. The highest BCUT2D eigenvalue weighted by Crippen LogP contribution is 2.11. The summed E-state index contributed by atoms with van der Waals surface area (Å²) >= 11 is 4.28. The molecule has 0 aromatic heterocycles. The Morgan fingerprint density at radius 1 is 1.43 bits per heavy atom. The van der Waals surface area contributed by atoms with E-state index in [0.29, 0.717) is 0 Å². The van der Waals surface area contributed by atoms with E-state index in [1.807, 2.05) is 13.8 Å². The van der Waals surface area contributed by atoms with Crippen LogP contribution >= 0.6 is 12.6 Å². The third-order valence-corrected chi connectivity index (χ3v) is 3.30. The second kappa shape index (κ2) is 5.61. The van der Waals surface area contributed by atoms with Crippen molar-refractivity contribution in [2.45, 2.75) is 38.0 Å². The number of carbonyl (C=O) groups excluding carboxylic acids is 1. The lowest BCUT2D eigenvalue weighted by molar-refractivity contribution is -0.122. The average molecular weight is 217 g/mol. The van der Waals surface area contributed by atoms with Crippen LogP contribution in [0.1, 0.15) is 26.7 Å². The van der Waals surface area contributed by atoms with Crippen molar-refractivity contribution in [1.29, 1.82) is 0 Å². The van der Waals surface area contributed by atoms with Crippen molar-refractivity contribution in [3.05, 3.63) is 0 Å². The molecule has 1 aliphatic rings.